The van der Waals surface area contributed by atoms with Gasteiger partial charge in [-0.3, -0.25) is 25.1 Å². The van der Waals surface area contributed by atoms with Crippen LogP contribution < -0.4 is 5.43 Å². The maximum atomic E-state index is 13.7. The number of allylic oxidation sites excluding steroid dienone is 4. The van der Waals surface area contributed by atoms with Crippen molar-refractivity contribution < 1.29 is 14.5 Å². The van der Waals surface area contributed by atoms with Crippen LogP contribution in [0.25, 0.3) is 0 Å². The molecule has 8 bridgehead atoms. The van der Waals surface area contributed by atoms with Crippen LogP contribution in [-0.2, 0) is 9.59 Å². The van der Waals surface area contributed by atoms with E-state index in [9.17, 15) is 19.7 Å². The van der Waals surface area contributed by atoms with Crippen molar-refractivity contribution in [2.24, 2.45) is 46.3 Å². The normalized spacial score (nSPS) is 47.1. The van der Waals surface area contributed by atoms with Crippen molar-refractivity contribution in [3.63, 3.8) is 0 Å². The van der Waals surface area contributed by atoms with Crippen LogP contribution in [0.5, 0.6) is 0 Å². The third kappa shape index (κ3) is 1.10. The number of nitro groups is 1. The van der Waals surface area contributed by atoms with Gasteiger partial charge in [-0.1, -0.05) is 24.3 Å². The van der Waals surface area contributed by atoms with E-state index in [1.807, 2.05) is 0 Å². The van der Waals surface area contributed by atoms with Crippen molar-refractivity contribution in [3.8, 4) is 0 Å². The topological polar surface area (TPSA) is 92.6 Å². The molecule has 1 aromatic rings. The van der Waals surface area contributed by atoms with Gasteiger partial charge in [0.15, 0.2) is 0 Å². The van der Waals surface area contributed by atoms with Gasteiger partial charge < -0.3 is 0 Å². The number of rotatable bonds is 3. The molecule has 28 heavy (non-hydrogen) atoms. The predicted octanol–water partition coefficient (Wildman–Crippen LogP) is 2.45. The minimum Gasteiger partial charge on any atom is -0.289 e. The first-order valence-corrected chi connectivity index (χ1v) is 9.73. The molecule has 1 aliphatic heterocycles. The Kier molecular flexibility index (Phi) is 2.18. The van der Waals surface area contributed by atoms with Gasteiger partial charge in [-0.15, -0.1) is 0 Å². The fraction of sp³-hybridized carbons (Fsp3) is 0.429. The average Bonchev–Trinajstić information content (AvgIpc) is 3.46. The van der Waals surface area contributed by atoms with E-state index >= 15 is 0 Å². The summed E-state index contributed by atoms with van der Waals surface area (Å²) in [6, 6.07) is 4.57. The molecule has 5 fully saturated rings. The summed E-state index contributed by atoms with van der Waals surface area (Å²) >= 11 is 0. The standard InChI is InChI=1S/C21H17N3O4/c1-9-8-10(2-7-15(9)24(27)28)22-23-18(25)20-11-3-4-12-16(11)17-13(20)5-6-14(17)21(12,20)19(23)26/h2-8,11-14,16-17,22H,1H3. The van der Waals surface area contributed by atoms with Crippen molar-refractivity contribution in [2.45, 2.75) is 6.92 Å². The smallest absolute Gasteiger partial charge is 0.272 e. The Morgan fingerprint density at radius 2 is 1.46 bits per heavy atom. The zero-order chi connectivity index (χ0) is 19.2. The highest BCUT2D eigenvalue weighted by Crippen LogP contribution is 2.91. The number of nitrogens with one attached hydrogen (secondary N) is 1. The van der Waals surface area contributed by atoms with E-state index in [0.717, 1.165) is 0 Å². The zero-order valence-corrected chi connectivity index (χ0v) is 15.0. The van der Waals surface area contributed by atoms with Gasteiger partial charge in [0.25, 0.3) is 17.5 Å². The third-order valence-corrected chi connectivity index (χ3v) is 8.69. The summed E-state index contributed by atoms with van der Waals surface area (Å²) in [5.74, 6) is 1.28. The Bertz CT molecular complexity index is 1020. The second-order valence-corrected chi connectivity index (χ2v) is 9.08. The van der Waals surface area contributed by atoms with Gasteiger partial charge >= 0.3 is 0 Å². The number of hydrazine groups is 1. The van der Waals surface area contributed by atoms with Gasteiger partial charge in [-0.25, -0.2) is 0 Å². The molecule has 0 aromatic heterocycles. The average molecular weight is 375 g/mol. The molecule has 7 aliphatic rings. The summed E-state index contributed by atoms with van der Waals surface area (Å²) in [5.41, 5.74) is 2.77. The quantitative estimate of drug-likeness (QED) is 0.379. The fourth-order valence-corrected chi connectivity index (χ4v) is 8.31. The molecule has 1 saturated heterocycles. The SMILES string of the molecule is Cc1cc(NN2C(=O)C34C5C=CC6C5C5C3C=CC5C64C2=O)ccc1[N+](=O)[O-]. The second-order valence-electron chi connectivity index (χ2n) is 9.08. The molecule has 6 aliphatic carbocycles. The molecule has 2 spiro atoms. The third-order valence-electron chi connectivity index (χ3n) is 8.69. The number of anilines is 1. The van der Waals surface area contributed by atoms with Crippen LogP contribution in [0.2, 0.25) is 0 Å². The van der Waals surface area contributed by atoms with E-state index in [-0.39, 0.29) is 41.2 Å². The van der Waals surface area contributed by atoms with Gasteiger partial charge in [0.1, 0.15) is 0 Å². The highest BCUT2D eigenvalue weighted by Gasteiger charge is 2.96. The van der Waals surface area contributed by atoms with E-state index < -0.39 is 15.8 Å². The summed E-state index contributed by atoms with van der Waals surface area (Å²) in [4.78, 5) is 38.1. The van der Waals surface area contributed by atoms with Crippen molar-refractivity contribution >= 4 is 23.2 Å². The molecule has 7 heteroatoms. The first kappa shape index (κ1) is 15.0. The molecule has 140 valence electrons. The monoisotopic (exact) mass is 375 g/mol. The van der Waals surface area contributed by atoms with Crippen LogP contribution in [-0.4, -0.2) is 21.7 Å². The molecule has 7 nitrogen and oxygen atoms in total. The van der Waals surface area contributed by atoms with Crippen LogP contribution >= 0.6 is 0 Å². The Hall–Kier alpha value is -2.96. The molecule has 8 rings (SSSR count). The summed E-state index contributed by atoms with van der Waals surface area (Å²) in [5, 5.41) is 12.3. The zero-order valence-electron chi connectivity index (χ0n) is 15.0. The number of carbonyl (C=O) groups is 2. The Morgan fingerprint density at radius 3 is 1.89 bits per heavy atom. The molecule has 1 aromatic carbocycles. The molecule has 1 N–H and O–H groups in total. The first-order chi connectivity index (χ1) is 13.5. The summed E-state index contributed by atoms with van der Waals surface area (Å²) in [7, 11) is 0. The van der Waals surface area contributed by atoms with E-state index in [1.54, 1.807) is 19.1 Å². The van der Waals surface area contributed by atoms with Gasteiger partial charge in [0.05, 0.1) is 21.4 Å². The Labute approximate surface area is 160 Å². The molecule has 4 atom stereocenters. The summed E-state index contributed by atoms with van der Waals surface area (Å²) in [6.45, 7) is 1.65. The lowest BCUT2D eigenvalue weighted by molar-refractivity contribution is -0.385. The molecule has 0 radical (unpaired) electrons. The molecule has 1 heterocycles. The van der Waals surface area contributed by atoms with Crippen LogP contribution in [0, 0.1) is 63.4 Å². The second kappa shape index (κ2) is 4.06. The number of carbonyl (C=O) groups excluding carboxylic acids is 2. The highest BCUT2D eigenvalue weighted by molar-refractivity contribution is 6.14. The van der Waals surface area contributed by atoms with Crippen LogP contribution in [0.4, 0.5) is 11.4 Å². The molecule has 4 saturated carbocycles. The lowest BCUT2D eigenvalue weighted by Crippen LogP contribution is -2.50. The van der Waals surface area contributed by atoms with Gasteiger partial charge in [-0.05, 0) is 54.6 Å². The largest absolute Gasteiger partial charge is 0.289 e. The Morgan fingerprint density at radius 1 is 0.964 bits per heavy atom. The maximum Gasteiger partial charge on any atom is 0.272 e. The fourth-order valence-electron chi connectivity index (χ4n) is 8.31. The molecular weight excluding hydrogens is 358 g/mol. The van der Waals surface area contributed by atoms with Crippen molar-refractivity contribution in [3.05, 3.63) is 58.2 Å². The van der Waals surface area contributed by atoms with Crippen molar-refractivity contribution in [1.29, 1.82) is 0 Å². The van der Waals surface area contributed by atoms with Crippen LogP contribution in [0.1, 0.15) is 5.56 Å². The van der Waals surface area contributed by atoms with Crippen molar-refractivity contribution in [2.75, 3.05) is 5.43 Å². The number of hydrogen-bond donors (Lipinski definition) is 1. The van der Waals surface area contributed by atoms with E-state index in [0.29, 0.717) is 23.1 Å². The number of hydrogen-bond acceptors (Lipinski definition) is 5. The highest BCUT2D eigenvalue weighted by atomic mass is 16.6. The first-order valence-electron chi connectivity index (χ1n) is 9.73. The maximum absolute atomic E-state index is 13.7. The number of nitro benzene ring substituents is 1. The number of imide groups is 1. The van der Waals surface area contributed by atoms with Crippen molar-refractivity contribution in [1.82, 2.24) is 5.01 Å². The lowest BCUT2D eigenvalue weighted by atomic mass is 9.54. The summed E-state index contributed by atoms with van der Waals surface area (Å²) < 4.78 is 0. The molecule has 4 unspecified atom stereocenters. The number of amides is 2. The predicted molar refractivity (Wildman–Crippen MR) is 97.4 cm³/mol. The number of nitrogens with zero attached hydrogens (tertiary/aromatic N) is 2. The van der Waals surface area contributed by atoms with E-state index in [2.05, 4.69) is 29.7 Å². The lowest BCUT2D eigenvalue weighted by Gasteiger charge is -2.43. The number of benzene rings is 1. The van der Waals surface area contributed by atoms with Gasteiger partial charge in [0.2, 0.25) is 0 Å². The minimum absolute atomic E-state index is 0.0173. The summed E-state index contributed by atoms with van der Waals surface area (Å²) in [6.07, 6.45) is 8.72. The van der Waals surface area contributed by atoms with E-state index in [1.165, 1.54) is 11.1 Å². The number of aryl methyl sites for hydroxylation is 1. The minimum atomic E-state index is -0.624. The van der Waals surface area contributed by atoms with Crippen LogP contribution in [0.15, 0.2) is 42.5 Å². The van der Waals surface area contributed by atoms with E-state index in [4.69, 9.17) is 0 Å². The van der Waals surface area contributed by atoms with Crippen LogP contribution in [0.3, 0.4) is 0 Å². The van der Waals surface area contributed by atoms with Gasteiger partial charge in [-0.2, -0.15) is 5.01 Å². The molecule has 2 amide bonds. The molecular formula is C21H17N3O4. The Balaban J connectivity index is 1.33. The van der Waals surface area contributed by atoms with Gasteiger partial charge in [0, 0.05) is 11.6 Å².